The quantitative estimate of drug-likeness (QED) is 0.143. The summed E-state index contributed by atoms with van der Waals surface area (Å²) in [5.41, 5.74) is 7.86. The summed E-state index contributed by atoms with van der Waals surface area (Å²) in [5, 5.41) is 0. The van der Waals surface area contributed by atoms with E-state index in [0.717, 1.165) is 49.8 Å². The second-order valence-electron chi connectivity index (χ2n) is 14.6. The number of halogens is 2. The summed E-state index contributed by atoms with van der Waals surface area (Å²) in [6.45, 7) is 7.40. The lowest BCUT2D eigenvalue weighted by atomic mass is 9.46. The van der Waals surface area contributed by atoms with Gasteiger partial charge in [0.2, 0.25) is 0 Å². The van der Waals surface area contributed by atoms with Crippen LogP contribution in [0.3, 0.4) is 0 Å². The minimum Gasteiger partial charge on any atom is -0.449 e. The third-order valence-corrected chi connectivity index (χ3v) is 12.8. The first kappa shape index (κ1) is 35.1. The van der Waals surface area contributed by atoms with Gasteiger partial charge in [-0.25, -0.2) is 4.79 Å². The van der Waals surface area contributed by atoms with Crippen LogP contribution in [0.4, 0.5) is 5.69 Å². The Kier molecular flexibility index (Phi) is 10.8. The summed E-state index contributed by atoms with van der Waals surface area (Å²) in [4.78, 5) is 54.3. The number of ether oxygens (including phenoxy) is 1. The molecule has 0 saturated heterocycles. The van der Waals surface area contributed by atoms with Crippen molar-refractivity contribution in [3.8, 4) is 0 Å². The third kappa shape index (κ3) is 6.33. The maximum absolute atomic E-state index is 13.5. The number of rotatable bonds is 13. The second kappa shape index (κ2) is 14.1. The van der Waals surface area contributed by atoms with Gasteiger partial charge >= 0.3 is 5.97 Å². The molecule has 4 aliphatic carbocycles. The average Bonchev–Trinajstić information content (AvgIpc) is 3.34. The van der Waals surface area contributed by atoms with Crippen molar-refractivity contribution < 1.29 is 23.9 Å². The molecule has 0 spiro atoms. The Morgan fingerprint density at radius 1 is 0.978 bits per heavy atom. The van der Waals surface area contributed by atoms with Crippen molar-refractivity contribution in [1.82, 2.24) is 0 Å². The molecular weight excluding hydrogens is 623 g/mol. The zero-order valence-electron chi connectivity index (χ0n) is 27.6. The lowest BCUT2D eigenvalue weighted by Crippen LogP contribution is -2.60. The number of anilines is 1. The van der Waals surface area contributed by atoms with Crippen LogP contribution < -0.4 is 10.6 Å². The van der Waals surface area contributed by atoms with Crippen molar-refractivity contribution in [3.63, 3.8) is 0 Å². The number of alkyl halides is 2. The largest absolute Gasteiger partial charge is 0.449 e. The van der Waals surface area contributed by atoms with Crippen molar-refractivity contribution in [2.45, 2.75) is 103 Å². The van der Waals surface area contributed by atoms with E-state index in [4.69, 9.17) is 33.7 Å². The zero-order valence-corrected chi connectivity index (χ0v) is 29.1. The van der Waals surface area contributed by atoms with Gasteiger partial charge in [0, 0.05) is 48.8 Å². The maximum atomic E-state index is 13.5. The number of hydrogen-bond acceptors (Lipinski definition) is 7. The molecule has 0 bridgehead atoms. The Bertz CT molecular complexity index is 1360. The van der Waals surface area contributed by atoms with E-state index in [-0.39, 0.29) is 35.1 Å². The number of nitrogens with two attached hydrogens (primary N) is 1. The molecular formula is C37H50Cl2N2O5. The van der Waals surface area contributed by atoms with E-state index >= 15 is 0 Å². The summed E-state index contributed by atoms with van der Waals surface area (Å²) in [7, 11) is 0. The zero-order chi connectivity index (χ0) is 33.3. The van der Waals surface area contributed by atoms with Gasteiger partial charge in [0.15, 0.2) is 29.0 Å². The van der Waals surface area contributed by atoms with Crippen LogP contribution in [0.1, 0.15) is 90.5 Å². The molecule has 3 saturated carbocycles. The minimum absolute atomic E-state index is 0.0158. The van der Waals surface area contributed by atoms with Crippen molar-refractivity contribution >= 4 is 52.2 Å². The van der Waals surface area contributed by atoms with Gasteiger partial charge in [-0.3, -0.25) is 14.4 Å². The molecule has 0 heterocycles. The van der Waals surface area contributed by atoms with Crippen molar-refractivity contribution in [3.05, 3.63) is 41.5 Å². The molecule has 1 unspecified atom stereocenters. The van der Waals surface area contributed by atoms with Crippen LogP contribution in [0, 0.1) is 28.6 Å². The molecule has 4 aliphatic rings. The molecule has 7 atom stereocenters. The summed E-state index contributed by atoms with van der Waals surface area (Å²) < 4.78 is 6.17. The van der Waals surface area contributed by atoms with Crippen LogP contribution in [0.2, 0.25) is 0 Å². The molecule has 0 aromatic heterocycles. The van der Waals surface area contributed by atoms with E-state index in [1.54, 1.807) is 0 Å². The topological polar surface area (TPSA) is 107 Å². The lowest BCUT2D eigenvalue weighted by Gasteiger charge is -2.59. The Morgan fingerprint density at radius 2 is 1.65 bits per heavy atom. The molecule has 1 aromatic rings. The molecule has 1 aromatic carbocycles. The highest BCUT2D eigenvalue weighted by atomic mass is 35.5. The van der Waals surface area contributed by atoms with E-state index < -0.39 is 23.0 Å². The predicted molar refractivity (Wildman–Crippen MR) is 182 cm³/mol. The number of ketones is 3. The van der Waals surface area contributed by atoms with Crippen LogP contribution in [0.25, 0.3) is 0 Å². The predicted octanol–water partition coefficient (Wildman–Crippen LogP) is 6.59. The molecule has 0 radical (unpaired) electrons. The number of aryl methyl sites for hydroxylation is 1. The van der Waals surface area contributed by atoms with Gasteiger partial charge in [-0.2, -0.15) is 0 Å². The number of carbonyl (C=O) groups is 4. The molecule has 2 N–H and O–H groups in total. The summed E-state index contributed by atoms with van der Waals surface area (Å²) >= 11 is 11.9. The normalized spacial score (nSPS) is 32.4. The third-order valence-electron chi connectivity index (χ3n) is 12.4. The van der Waals surface area contributed by atoms with E-state index in [2.05, 4.69) is 18.7 Å². The maximum Gasteiger partial charge on any atom is 0.331 e. The molecule has 5 rings (SSSR count). The Balaban J connectivity index is 1.21. The molecule has 7 nitrogen and oxygen atoms in total. The Hall–Kier alpha value is -2.22. The number of fused-ring (bicyclic) bond motifs is 5. The van der Waals surface area contributed by atoms with Gasteiger partial charge in [-0.1, -0.05) is 31.6 Å². The van der Waals surface area contributed by atoms with Crippen LogP contribution in [0.15, 0.2) is 35.9 Å². The molecule has 9 heteroatoms. The van der Waals surface area contributed by atoms with E-state index in [1.807, 2.05) is 30.3 Å². The van der Waals surface area contributed by atoms with Gasteiger partial charge in [-0.15, -0.1) is 23.2 Å². The Labute approximate surface area is 283 Å². The molecule has 0 aliphatic heterocycles. The number of esters is 1. The van der Waals surface area contributed by atoms with Crippen molar-refractivity contribution in [2.24, 2.45) is 34.3 Å². The smallest absolute Gasteiger partial charge is 0.331 e. The van der Waals surface area contributed by atoms with Gasteiger partial charge in [0.25, 0.3) is 0 Å². The highest BCUT2D eigenvalue weighted by Crippen LogP contribution is 2.68. The number of hydrogen-bond donors (Lipinski definition) is 1. The average molecular weight is 674 g/mol. The van der Waals surface area contributed by atoms with Crippen molar-refractivity contribution in [2.75, 3.05) is 29.7 Å². The van der Waals surface area contributed by atoms with Crippen LogP contribution in [-0.2, 0) is 30.3 Å². The van der Waals surface area contributed by atoms with E-state index in [0.29, 0.717) is 62.4 Å². The molecule has 3 fully saturated rings. The standard InChI is InChI=1S/C37H50Cl2N2O5/c1-24(42)37(18-15-31-29-12-9-26-23-28(43)13-16-35(26,2)30(29)14-17-36(31,37)3)46-34(45)33(40)32(44)6-4-5-25-7-10-27(11-8-25)41(21-19-38)22-20-39/h7-8,10-11,23,29-31,33H,4-6,9,12-22,40H2,1-3H3/t29-,30+,31+,33?,35+,36+,37+/m1/s1. The first-order valence-corrected chi connectivity index (χ1v) is 18.2. The number of Topliss-reactive ketones (excluding diaryl/α,β-unsaturated/α-hetero) is 2. The first-order chi connectivity index (χ1) is 21.9. The fourth-order valence-electron chi connectivity index (χ4n) is 9.81. The van der Waals surface area contributed by atoms with E-state index in [1.165, 1.54) is 12.5 Å². The molecule has 46 heavy (non-hydrogen) atoms. The van der Waals surface area contributed by atoms with E-state index in [9.17, 15) is 19.2 Å². The number of benzene rings is 1. The number of carbonyl (C=O) groups excluding carboxylic acids is 4. The highest BCUT2D eigenvalue weighted by molar-refractivity contribution is 6.18. The van der Waals surface area contributed by atoms with Gasteiger partial charge in [-0.05, 0) is 112 Å². The summed E-state index contributed by atoms with van der Waals surface area (Å²) in [5.74, 6) is 1.03. The number of allylic oxidation sites excluding steroid dienone is 1. The lowest BCUT2D eigenvalue weighted by molar-refractivity contribution is -0.190. The van der Waals surface area contributed by atoms with Crippen LogP contribution in [-0.4, -0.2) is 59.8 Å². The first-order valence-electron chi connectivity index (χ1n) is 17.1. The fraction of sp³-hybridized carbons (Fsp3) is 0.676. The monoisotopic (exact) mass is 672 g/mol. The second-order valence-corrected chi connectivity index (χ2v) is 15.4. The van der Waals surface area contributed by atoms with Gasteiger partial charge in [0.05, 0.1) is 0 Å². The fourth-order valence-corrected chi connectivity index (χ4v) is 10.2. The number of nitrogens with zero attached hydrogens (tertiary/aromatic N) is 1. The SMILES string of the molecule is CC(=O)[C@@]1(OC(=O)C(N)C(=O)CCCc2ccc(N(CCCl)CCCl)cc2)CC[C@H]2[C@@H]3CCC4=CC(=O)CC[C@]4(C)[C@H]3CC[C@@]21C. The molecule has 0 amide bonds. The van der Waals surface area contributed by atoms with Crippen LogP contribution >= 0.6 is 23.2 Å². The van der Waals surface area contributed by atoms with Crippen molar-refractivity contribution in [1.29, 1.82) is 0 Å². The van der Waals surface area contributed by atoms with Gasteiger partial charge in [0.1, 0.15) is 0 Å². The highest BCUT2D eigenvalue weighted by Gasteiger charge is 2.68. The van der Waals surface area contributed by atoms with Crippen LogP contribution in [0.5, 0.6) is 0 Å². The summed E-state index contributed by atoms with van der Waals surface area (Å²) in [6.07, 6.45) is 9.60. The van der Waals surface area contributed by atoms with Gasteiger partial charge < -0.3 is 15.4 Å². The minimum atomic E-state index is -1.42. The summed E-state index contributed by atoms with van der Waals surface area (Å²) in [6, 6.07) is 6.71. The molecule has 252 valence electrons. The Morgan fingerprint density at radius 3 is 2.30 bits per heavy atom.